The minimum Gasteiger partial charge on any atom is -0.496 e. The fraction of sp³-hybridized carbons (Fsp3) is 0.235. The predicted molar refractivity (Wildman–Crippen MR) is 76.2 cm³/mol. The van der Waals surface area contributed by atoms with Crippen molar-refractivity contribution in [2.24, 2.45) is 0 Å². The highest BCUT2D eigenvalue weighted by Crippen LogP contribution is 2.37. The van der Waals surface area contributed by atoms with Crippen molar-refractivity contribution >= 4 is 0 Å². The number of halogens is 1. The summed E-state index contributed by atoms with van der Waals surface area (Å²) in [5, 5.41) is 9.49. The Hall–Kier alpha value is -2.34. The van der Waals surface area contributed by atoms with E-state index in [0.717, 1.165) is 5.56 Å². The summed E-state index contributed by atoms with van der Waals surface area (Å²) < 4.78 is 18.7. The topological polar surface area (TPSA) is 33.0 Å². The molecule has 3 heteroatoms. The highest BCUT2D eigenvalue weighted by Gasteiger charge is 2.24. The summed E-state index contributed by atoms with van der Waals surface area (Å²) in [6.07, 6.45) is 0. The van der Waals surface area contributed by atoms with Crippen molar-refractivity contribution in [3.63, 3.8) is 0 Å². The second-order valence-electron chi connectivity index (χ2n) is 4.69. The van der Waals surface area contributed by atoms with E-state index in [2.05, 4.69) is 6.07 Å². The van der Waals surface area contributed by atoms with Crippen molar-refractivity contribution in [3.05, 3.63) is 65.5 Å². The largest absolute Gasteiger partial charge is 0.496 e. The summed E-state index contributed by atoms with van der Waals surface area (Å²) in [4.78, 5) is 0. The van der Waals surface area contributed by atoms with Gasteiger partial charge in [0.2, 0.25) is 0 Å². The van der Waals surface area contributed by atoms with E-state index in [9.17, 15) is 9.65 Å². The number of hydrogen-bond acceptors (Lipinski definition) is 2. The van der Waals surface area contributed by atoms with Gasteiger partial charge in [-0.1, -0.05) is 37.3 Å². The predicted octanol–water partition coefficient (Wildman–Crippen LogP) is 4.25. The first-order valence-electron chi connectivity index (χ1n) is 6.45. The van der Waals surface area contributed by atoms with Crippen molar-refractivity contribution in [1.29, 1.82) is 5.26 Å². The van der Waals surface area contributed by atoms with Gasteiger partial charge in [0.05, 0.1) is 19.1 Å². The Morgan fingerprint density at radius 2 is 1.85 bits per heavy atom. The van der Waals surface area contributed by atoms with Crippen LogP contribution in [0.25, 0.3) is 0 Å². The quantitative estimate of drug-likeness (QED) is 0.831. The summed E-state index contributed by atoms with van der Waals surface area (Å²) in [5.74, 6) is -0.318. The lowest BCUT2D eigenvalue weighted by molar-refractivity contribution is 0.404. The number of hydrogen-bond donors (Lipinski definition) is 0. The van der Waals surface area contributed by atoms with Gasteiger partial charge in [0, 0.05) is 11.5 Å². The third-order valence-corrected chi connectivity index (χ3v) is 3.49. The summed E-state index contributed by atoms with van der Waals surface area (Å²) in [7, 11) is 1.53. The standard InChI is InChI=1S/C17H16FNO/c1-12(13-6-4-3-5-7-13)16(11-19)15-10-14(18)8-9-17(15)20-2/h3-10,12,16H,1-2H3. The molecule has 2 rings (SSSR count). The average molecular weight is 269 g/mol. The van der Waals surface area contributed by atoms with Gasteiger partial charge in [0.25, 0.3) is 0 Å². The number of methoxy groups -OCH3 is 1. The summed E-state index contributed by atoms with van der Waals surface area (Å²) in [5.41, 5.74) is 1.64. The molecule has 0 aliphatic rings. The average Bonchev–Trinajstić information content (AvgIpc) is 2.49. The molecule has 2 atom stereocenters. The van der Waals surface area contributed by atoms with E-state index >= 15 is 0 Å². The van der Waals surface area contributed by atoms with E-state index in [0.29, 0.717) is 11.3 Å². The molecule has 0 aliphatic heterocycles. The van der Waals surface area contributed by atoms with Crippen LogP contribution in [0.2, 0.25) is 0 Å². The van der Waals surface area contributed by atoms with E-state index in [1.54, 1.807) is 6.07 Å². The van der Waals surface area contributed by atoms with Crippen molar-refractivity contribution in [2.45, 2.75) is 18.8 Å². The molecule has 0 bridgehead atoms. The van der Waals surface area contributed by atoms with Crippen molar-refractivity contribution in [3.8, 4) is 11.8 Å². The Morgan fingerprint density at radius 1 is 1.15 bits per heavy atom. The number of nitrogens with zero attached hydrogens (tertiary/aromatic N) is 1. The molecule has 102 valence electrons. The SMILES string of the molecule is COc1ccc(F)cc1C(C#N)C(C)c1ccccc1. The summed E-state index contributed by atoms with van der Waals surface area (Å²) in [6.45, 7) is 1.97. The fourth-order valence-electron chi connectivity index (χ4n) is 2.35. The smallest absolute Gasteiger partial charge is 0.123 e. The lowest BCUT2D eigenvalue weighted by Gasteiger charge is -2.20. The molecule has 0 fully saturated rings. The van der Waals surface area contributed by atoms with E-state index < -0.39 is 5.92 Å². The third kappa shape index (κ3) is 2.80. The Labute approximate surface area is 118 Å². The molecule has 2 aromatic carbocycles. The lowest BCUT2D eigenvalue weighted by atomic mass is 9.83. The first-order valence-corrected chi connectivity index (χ1v) is 6.45. The normalized spacial score (nSPS) is 13.3. The van der Waals surface area contributed by atoms with Crippen molar-refractivity contribution in [1.82, 2.24) is 0 Å². The van der Waals surface area contributed by atoms with E-state index in [1.807, 2.05) is 37.3 Å². The van der Waals surface area contributed by atoms with E-state index in [4.69, 9.17) is 4.74 Å². The zero-order valence-electron chi connectivity index (χ0n) is 11.5. The van der Waals surface area contributed by atoms with Gasteiger partial charge in [-0.3, -0.25) is 0 Å². The van der Waals surface area contributed by atoms with Crippen LogP contribution in [0.3, 0.4) is 0 Å². The van der Waals surface area contributed by atoms with Crippen LogP contribution in [0, 0.1) is 17.1 Å². The lowest BCUT2D eigenvalue weighted by Crippen LogP contribution is -2.08. The van der Waals surface area contributed by atoms with Gasteiger partial charge in [0.1, 0.15) is 11.6 Å². The minimum absolute atomic E-state index is 0.0445. The molecule has 0 saturated heterocycles. The van der Waals surface area contributed by atoms with Gasteiger partial charge < -0.3 is 4.74 Å². The third-order valence-electron chi connectivity index (χ3n) is 3.49. The highest BCUT2D eigenvalue weighted by molar-refractivity contribution is 5.42. The number of nitriles is 1. The highest BCUT2D eigenvalue weighted by atomic mass is 19.1. The molecule has 2 aromatic rings. The Kier molecular flexibility index (Phi) is 4.37. The van der Waals surface area contributed by atoms with Crippen LogP contribution in [0.1, 0.15) is 29.9 Å². The number of benzene rings is 2. The van der Waals surface area contributed by atoms with Crippen LogP contribution in [0.4, 0.5) is 4.39 Å². The number of ether oxygens (including phenoxy) is 1. The van der Waals surface area contributed by atoms with Gasteiger partial charge in [-0.15, -0.1) is 0 Å². The Morgan fingerprint density at radius 3 is 2.45 bits per heavy atom. The van der Waals surface area contributed by atoms with Crippen LogP contribution in [0.5, 0.6) is 5.75 Å². The molecule has 0 aromatic heterocycles. The molecule has 0 N–H and O–H groups in total. The molecule has 0 aliphatic carbocycles. The zero-order valence-corrected chi connectivity index (χ0v) is 11.5. The van der Waals surface area contributed by atoms with Crippen molar-refractivity contribution in [2.75, 3.05) is 7.11 Å². The maximum Gasteiger partial charge on any atom is 0.123 e. The maximum absolute atomic E-state index is 13.5. The molecule has 2 nitrogen and oxygen atoms in total. The molecule has 0 radical (unpaired) electrons. The summed E-state index contributed by atoms with van der Waals surface area (Å²) in [6, 6.07) is 16.3. The second-order valence-corrected chi connectivity index (χ2v) is 4.69. The molecular formula is C17H16FNO. The number of rotatable bonds is 4. The van der Waals surface area contributed by atoms with Gasteiger partial charge >= 0.3 is 0 Å². The van der Waals surface area contributed by atoms with Crippen molar-refractivity contribution < 1.29 is 9.13 Å². The minimum atomic E-state index is -0.456. The molecular weight excluding hydrogens is 253 g/mol. The molecule has 0 spiro atoms. The van der Waals surface area contributed by atoms with Gasteiger partial charge in [0.15, 0.2) is 0 Å². The van der Waals surface area contributed by atoms with Crippen LogP contribution < -0.4 is 4.74 Å². The first kappa shape index (κ1) is 14.1. The van der Waals surface area contributed by atoms with Crippen LogP contribution in [-0.4, -0.2) is 7.11 Å². The fourth-order valence-corrected chi connectivity index (χ4v) is 2.35. The Balaban J connectivity index is 2.43. The molecule has 0 heterocycles. The monoisotopic (exact) mass is 269 g/mol. The van der Waals surface area contributed by atoms with Crippen LogP contribution in [-0.2, 0) is 0 Å². The zero-order chi connectivity index (χ0) is 14.5. The molecule has 2 unspecified atom stereocenters. The van der Waals surface area contributed by atoms with Gasteiger partial charge in [-0.2, -0.15) is 5.26 Å². The van der Waals surface area contributed by atoms with E-state index in [-0.39, 0.29) is 11.7 Å². The first-order chi connectivity index (χ1) is 9.67. The van der Waals surface area contributed by atoms with Crippen LogP contribution in [0.15, 0.2) is 48.5 Å². The van der Waals surface area contributed by atoms with E-state index in [1.165, 1.54) is 19.2 Å². The Bertz CT molecular complexity index is 619. The van der Waals surface area contributed by atoms with Gasteiger partial charge in [-0.05, 0) is 23.8 Å². The molecule has 20 heavy (non-hydrogen) atoms. The molecule has 0 amide bonds. The second kappa shape index (κ2) is 6.21. The maximum atomic E-state index is 13.5. The van der Waals surface area contributed by atoms with Crippen LogP contribution >= 0.6 is 0 Å². The molecule has 0 saturated carbocycles. The van der Waals surface area contributed by atoms with Gasteiger partial charge in [-0.25, -0.2) is 4.39 Å². The summed E-state index contributed by atoms with van der Waals surface area (Å²) >= 11 is 0.